The number of carbonyl (C=O) groups is 1. The van der Waals surface area contributed by atoms with E-state index in [1.54, 1.807) is 0 Å². The number of hydrogen-bond acceptors (Lipinski definition) is 2. The highest BCUT2D eigenvalue weighted by molar-refractivity contribution is 9.09. The van der Waals surface area contributed by atoms with Crippen molar-refractivity contribution in [3.05, 3.63) is 0 Å². The van der Waals surface area contributed by atoms with E-state index in [0.717, 1.165) is 19.3 Å². The molecule has 0 bridgehead atoms. The van der Waals surface area contributed by atoms with Crippen molar-refractivity contribution in [3.63, 3.8) is 0 Å². The Labute approximate surface area is 88.2 Å². The molecule has 3 heteroatoms. The molecule has 13 heavy (non-hydrogen) atoms. The first-order valence-corrected chi connectivity index (χ1v) is 5.85. The van der Waals surface area contributed by atoms with Crippen LogP contribution in [0.3, 0.4) is 0 Å². The van der Waals surface area contributed by atoms with Crippen LogP contribution in [0.5, 0.6) is 0 Å². The molecule has 0 amide bonds. The number of esters is 1. The lowest BCUT2D eigenvalue weighted by Gasteiger charge is -2.24. The van der Waals surface area contributed by atoms with Gasteiger partial charge in [0.15, 0.2) is 0 Å². The number of hydrogen-bond donors (Lipinski definition) is 0. The minimum atomic E-state index is -0.0147. The molecule has 1 rings (SSSR count). The summed E-state index contributed by atoms with van der Waals surface area (Å²) in [6, 6.07) is 0. The number of alkyl halides is 1. The van der Waals surface area contributed by atoms with Crippen LogP contribution in [0.4, 0.5) is 0 Å². The molecule has 0 N–H and O–H groups in total. The fourth-order valence-electron chi connectivity index (χ4n) is 1.67. The molecule has 1 aliphatic rings. The minimum Gasteiger partial charge on any atom is -0.463 e. The van der Waals surface area contributed by atoms with Gasteiger partial charge in [-0.3, -0.25) is 4.79 Å². The Bertz CT molecular complexity index is 180. The summed E-state index contributed by atoms with van der Waals surface area (Å²) in [6.45, 7) is 3.79. The highest BCUT2D eigenvalue weighted by atomic mass is 79.9. The minimum absolute atomic E-state index is 0.0147. The van der Waals surface area contributed by atoms with Crippen LogP contribution < -0.4 is 0 Å². The summed E-state index contributed by atoms with van der Waals surface area (Å²) < 4.78 is 5.18. The zero-order chi connectivity index (χ0) is 9.84. The molecule has 1 aliphatic carbocycles. The van der Waals surface area contributed by atoms with Crippen molar-refractivity contribution in [2.75, 3.05) is 0 Å². The van der Waals surface area contributed by atoms with E-state index in [4.69, 9.17) is 4.74 Å². The van der Waals surface area contributed by atoms with E-state index in [9.17, 15) is 4.79 Å². The van der Waals surface area contributed by atoms with Crippen LogP contribution in [0.1, 0.15) is 39.5 Å². The van der Waals surface area contributed by atoms with Crippen molar-refractivity contribution in [1.82, 2.24) is 0 Å². The van der Waals surface area contributed by atoms with E-state index in [0.29, 0.717) is 4.83 Å². The normalized spacial score (nSPS) is 28.9. The number of carbonyl (C=O) groups excluding carboxylic acids is 1. The van der Waals surface area contributed by atoms with E-state index >= 15 is 0 Å². The molecule has 2 atom stereocenters. The molecule has 0 aliphatic heterocycles. The Kier molecular flexibility index (Phi) is 4.23. The van der Waals surface area contributed by atoms with Gasteiger partial charge in [0, 0.05) is 4.83 Å². The zero-order valence-electron chi connectivity index (χ0n) is 8.25. The van der Waals surface area contributed by atoms with E-state index in [1.165, 1.54) is 6.42 Å². The lowest BCUT2D eigenvalue weighted by atomic mass is 9.89. The summed E-state index contributed by atoms with van der Waals surface area (Å²) in [6.07, 6.45) is 4.27. The smallest absolute Gasteiger partial charge is 0.309 e. The van der Waals surface area contributed by atoms with Gasteiger partial charge in [-0.2, -0.15) is 0 Å². The van der Waals surface area contributed by atoms with Crippen molar-refractivity contribution in [3.8, 4) is 0 Å². The Morgan fingerprint density at radius 3 is 2.69 bits per heavy atom. The summed E-state index contributed by atoms with van der Waals surface area (Å²) in [4.78, 5) is 12.0. The fraction of sp³-hybridized carbons (Fsp3) is 0.900. The molecule has 0 saturated heterocycles. The molecule has 0 aromatic rings. The van der Waals surface area contributed by atoms with Gasteiger partial charge in [-0.25, -0.2) is 0 Å². The first kappa shape index (κ1) is 11.0. The Hall–Kier alpha value is -0.0500. The Balaban J connectivity index is 2.37. The molecule has 0 aromatic heterocycles. The van der Waals surface area contributed by atoms with Gasteiger partial charge >= 0.3 is 5.97 Å². The van der Waals surface area contributed by atoms with Crippen LogP contribution in [0.2, 0.25) is 0 Å². The van der Waals surface area contributed by atoms with Crippen LogP contribution in [-0.4, -0.2) is 16.9 Å². The third-order valence-electron chi connectivity index (χ3n) is 2.30. The maximum Gasteiger partial charge on any atom is 0.309 e. The second kappa shape index (κ2) is 4.99. The van der Waals surface area contributed by atoms with Gasteiger partial charge in [-0.1, -0.05) is 22.4 Å². The number of halogens is 1. The summed E-state index contributed by atoms with van der Waals surface area (Å²) >= 11 is 3.56. The first-order valence-electron chi connectivity index (χ1n) is 4.94. The fourth-order valence-corrected chi connectivity index (χ4v) is 2.45. The molecular weight excluding hydrogens is 232 g/mol. The molecule has 1 fully saturated rings. The third kappa shape index (κ3) is 3.67. The summed E-state index contributed by atoms with van der Waals surface area (Å²) in [7, 11) is 0. The molecular formula is C10H17BrO2. The van der Waals surface area contributed by atoms with Crippen molar-refractivity contribution >= 4 is 21.9 Å². The SMILES string of the molecule is CC(C)OC(=O)C1CCCC(Br)C1. The zero-order valence-corrected chi connectivity index (χ0v) is 9.84. The average molecular weight is 249 g/mol. The molecule has 0 spiro atoms. The van der Waals surface area contributed by atoms with Crippen LogP contribution in [0.15, 0.2) is 0 Å². The predicted octanol–water partition coefficient (Wildman–Crippen LogP) is 2.89. The van der Waals surface area contributed by atoms with Gasteiger partial charge in [0.2, 0.25) is 0 Å². The molecule has 1 saturated carbocycles. The summed E-state index contributed by atoms with van der Waals surface area (Å²) in [5, 5.41) is 0. The largest absolute Gasteiger partial charge is 0.463 e. The van der Waals surface area contributed by atoms with Gasteiger partial charge in [0.1, 0.15) is 0 Å². The van der Waals surface area contributed by atoms with Crippen LogP contribution in [0.25, 0.3) is 0 Å². The predicted molar refractivity (Wildman–Crippen MR) is 55.9 cm³/mol. The lowest BCUT2D eigenvalue weighted by molar-refractivity contribution is -0.153. The standard InChI is InChI=1S/C10H17BrO2/c1-7(2)13-10(12)8-4-3-5-9(11)6-8/h7-9H,3-6H2,1-2H3. The van der Waals surface area contributed by atoms with Gasteiger partial charge in [-0.15, -0.1) is 0 Å². The quantitative estimate of drug-likeness (QED) is 0.555. The second-order valence-electron chi connectivity index (χ2n) is 3.95. The average Bonchev–Trinajstić information content (AvgIpc) is 2.03. The highest BCUT2D eigenvalue weighted by Gasteiger charge is 2.27. The molecule has 0 aromatic carbocycles. The second-order valence-corrected chi connectivity index (χ2v) is 5.24. The topological polar surface area (TPSA) is 26.3 Å². The van der Waals surface area contributed by atoms with Crippen LogP contribution in [0, 0.1) is 5.92 Å². The Morgan fingerprint density at radius 1 is 1.46 bits per heavy atom. The molecule has 2 nitrogen and oxygen atoms in total. The van der Waals surface area contributed by atoms with E-state index < -0.39 is 0 Å². The lowest BCUT2D eigenvalue weighted by Crippen LogP contribution is -2.26. The van der Waals surface area contributed by atoms with E-state index in [1.807, 2.05) is 13.8 Å². The van der Waals surface area contributed by atoms with Crippen molar-refractivity contribution in [2.45, 2.75) is 50.5 Å². The maximum atomic E-state index is 11.5. The van der Waals surface area contributed by atoms with Crippen LogP contribution >= 0.6 is 15.9 Å². The molecule has 0 heterocycles. The van der Waals surface area contributed by atoms with Gasteiger partial charge in [0.25, 0.3) is 0 Å². The third-order valence-corrected chi connectivity index (χ3v) is 3.13. The summed E-state index contributed by atoms with van der Waals surface area (Å²) in [5.41, 5.74) is 0. The van der Waals surface area contributed by atoms with Crippen LogP contribution in [-0.2, 0) is 9.53 Å². The van der Waals surface area contributed by atoms with Gasteiger partial charge in [-0.05, 0) is 33.1 Å². The summed E-state index contributed by atoms with van der Waals surface area (Å²) in [5.74, 6) is 0.111. The maximum absolute atomic E-state index is 11.5. The van der Waals surface area contributed by atoms with E-state index in [-0.39, 0.29) is 18.0 Å². The van der Waals surface area contributed by atoms with Crippen molar-refractivity contribution in [2.24, 2.45) is 5.92 Å². The highest BCUT2D eigenvalue weighted by Crippen LogP contribution is 2.29. The Morgan fingerprint density at radius 2 is 2.15 bits per heavy atom. The number of rotatable bonds is 2. The van der Waals surface area contributed by atoms with Crippen molar-refractivity contribution in [1.29, 1.82) is 0 Å². The van der Waals surface area contributed by atoms with Crippen molar-refractivity contribution < 1.29 is 9.53 Å². The van der Waals surface area contributed by atoms with Gasteiger partial charge in [0.05, 0.1) is 12.0 Å². The number of ether oxygens (including phenoxy) is 1. The van der Waals surface area contributed by atoms with Gasteiger partial charge < -0.3 is 4.74 Å². The van der Waals surface area contributed by atoms with E-state index in [2.05, 4.69) is 15.9 Å². The molecule has 76 valence electrons. The molecule has 0 radical (unpaired) electrons. The molecule has 2 unspecified atom stereocenters. The monoisotopic (exact) mass is 248 g/mol. The first-order chi connectivity index (χ1) is 6.09.